The summed E-state index contributed by atoms with van der Waals surface area (Å²) in [6, 6.07) is 7.27. The number of rotatable bonds is 7. The van der Waals surface area contributed by atoms with Crippen molar-refractivity contribution >= 4 is 23.2 Å². The van der Waals surface area contributed by atoms with Crippen LogP contribution in [0.4, 0.5) is 5.69 Å². The Morgan fingerprint density at radius 3 is 2.65 bits per heavy atom. The molecule has 1 saturated heterocycles. The standard InChI is InChI=1S/C17H24ClN7O/c1-2-7-25-16(20-21-22-25)12-23-8-10-24(11-9-23)13-17(26)19-15-6-4-3-5-14(15)18/h3-6H,2,7-13H2,1H3,(H,19,26). The van der Waals surface area contributed by atoms with Crippen molar-refractivity contribution < 1.29 is 4.79 Å². The van der Waals surface area contributed by atoms with Crippen LogP contribution in [0.5, 0.6) is 0 Å². The summed E-state index contributed by atoms with van der Waals surface area (Å²) in [6.07, 6.45) is 1.01. The molecule has 0 atom stereocenters. The third-order valence-corrected chi connectivity index (χ3v) is 4.72. The molecule has 1 fully saturated rings. The molecular weight excluding hydrogens is 354 g/mol. The fourth-order valence-corrected chi connectivity index (χ4v) is 3.17. The predicted molar refractivity (Wildman–Crippen MR) is 99.9 cm³/mol. The van der Waals surface area contributed by atoms with Crippen LogP contribution in [0.1, 0.15) is 19.2 Å². The summed E-state index contributed by atoms with van der Waals surface area (Å²) in [5, 5.41) is 15.3. The van der Waals surface area contributed by atoms with Gasteiger partial charge in [-0.25, -0.2) is 4.68 Å². The van der Waals surface area contributed by atoms with Crippen molar-refractivity contribution in [2.45, 2.75) is 26.4 Å². The number of para-hydroxylation sites is 1. The maximum atomic E-state index is 12.2. The highest BCUT2D eigenvalue weighted by molar-refractivity contribution is 6.33. The second-order valence-electron chi connectivity index (χ2n) is 6.40. The lowest BCUT2D eigenvalue weighted by molar-refractivity contribution is -0.117. The molecule has 1 aromatic carbocycles. The average molecular weight is 378 g/mol. The van der Waals surface area contributed by atoms with Crippen LogP contribution in [-0.4, -0.2) is 68.6 Å². The molecule has 2 heterocycles. The van der Waals surface area contributed by atoms with Crippen LogP contribution in [0, 0.1) is 0 Å². The summed E-state index contributed by atoms with van der Waals surface area (Å²) in [5.74, 6) is 0.857. The fourth-order valence-electron chi connectivity index (χ4n) is 2.98. The van der Waals surface area contributed by atoms with Crippen LogP contribution in [0.3, 0.4) is 0 Å². The molecule has 0 radical (unpaired) electrons. The van der Waals surface area contributed by atoms with Crippen LogP contribution >= 0.6 is 11.6 Å². The van der Waals surface area contributed by atoms with E-state index in [2.05, 4.69) is 37.6 Å². The monoisotopic (exact) mass is 377 g/mol. The maximum absolute atomic E-state index is 12.2. The van der Waals surface area contributed by atoms with Crippen molar-refractivity contribution in [3.63, 3.8) is 0 Å². The molecule has 0 bridgehead atoms. The Balaban J connectivity index is 1.44. The zero-order chi connectivity index (χ0) is 18.4. The number of nitrogens with one attached hydrogen (secondary N) is 1. The number of amides is 1. The van der Waals surface area contributed by atoms with E-state index in [-0.39, 0.29) is 5.91 Å². The quantitative estimate of drug-likeness (QED) is 0.787. The van der Waals surface area contributed by atoms with Crippen molar-refractivity contribution in [2.75, 3.05) is 38.0 Å². The van der Waals surface area contributed by atoms with E-state index in [0.29, 0.717) is 17.3 Å². The van der Waals surface area contributed by atoms with E-state index in [9.17, 15) is 4.79 Å². The number of benzene rings is 1. The number of tetrazole rings is 1. The molecule has 8 nitrogen and oxygen atoms in total. The number of hydrogen-bond acceptors (Lipinski definition) is 6. The number of hydrogen-bond donors (Lipinski definition) is 1. The number of aryl methyl sites for hydroxylation is 1. The lowest BCUT2D eigenvalue weighted by Gasteiger charge is -2.33. The van der Waals surface area contributed by atoms with Gasteiger partial charge in [-0.15, -0.1) is 5.10 Å². The number of halogens is 1. The van der Waals surface area contributed by atoms with Crippen LogP contribution in [0.15, 0.2) is 24.3 Å². The first kappa shape index (κ1) is 18.8. The number of carbonyl (C=O) groups is 1. The van der Waals surface area contributed by atoms with Crippen molar-refractivity contribution in [3.8, 4) is 0 Å². The van der Waals surface area contributed by atoms with E-state index in [4.69, 9.17) is 11.6 Å². The summed E-state index contributed by atoms with van der Waals surface area (Å²) in [7, 11) is 0. The van der Waals surface area contributed by atoms with Gasteiger partial charge in [0, 0.05) is 32.7 Å². The third-order valence-electron chi connectivity index (χ3n) is 4.39. The van der Waals surface area contributed by atoms with Gasteiger partial charge in [0.15, 0.2) is 5.82 Å². The largest absolute Gasteiger partial charge is 0.324 e. The number of anilines is 1. The molecule has 1 aliphatic heterocycles. The second kappa shape index (κ2) is 9.07. The number of aromatic nitrogens is 4. The Kier molecular flexibility index (Phi) is 6.54. The first-order valence-corrected chi connectivity index (χ1v) is 9.27. The van der Waals surface area contributed by atoms with Crippen LogP contribution in [0.25, 0.3) is 0 Å². The summed E-state index contributed by atoms with van der Waals surface area (Å²) in [4.78, 5) is 16.7. The summed E-state index contributed by atoms with van der Waals surface area (Å²) in [6.45, 7) is 7.51. The Labute approximate surface area is 158 Å². The van der Waals surface area contributed by atoms with Gasteiger partial charge in [-0.05, 0) is 29.0 Å². The fraction of sp³-hybridized carbons (Fsp3) is 0.529. The molecule has 1 aromatic heterocycles. The van der Waals surface area contributed by atoms with Gasteiger partial charge in [0.05, 0.1) is 23.8 Å². The van der Waals surface area contributed by atoms with Gasteiger partial charge < -0.3 is 5.32 Å². The predicted octanol–water partition coefficient (Wildman–Crippen LogP) is 1.49. The highest BCUT2D eigenvalue weighted by Gasteiger charge is 2.21. The SMILES string of the molecule is CCCn1nnnc1CN1CCN(CC(=O)Nc2ccccc2Cl)CC1. The molecule has 9 heteroatoms. The van der Waals surface area contributed by atoms with E-state index in [0.717, 1.165) is 51.5 Å². The Bertz CT molecular complexity index is 727. The summed E-state index contributed by atoms with van der Waals surface area (Å²) in [5.41, 5.74) is 0.653. The van der Waals surface area contributed by atoms with Crippen molar-refractivity contribution in [1.29, 1.82) is 0 Å². The highest BCUT2D eigenvalue weighted by Crippen LogP contribution is 2.20. The van der Waals surface area contributed by atoms with Gasteiger partial charge in [-0.3, -0.25) is 14.6 Å². The molecule has 140 valence electrons. The third kappa shape index (κ3) is 5.00. The lowest BCUT2D eigenvalue weighted by Crippen LogP contribution is -2.48. The maximum Gasteiger partial charge on any atom is 0.238 e. The molecule has 1 aliphatic rings. The van der Waals surface area contributed by atoms with Gasteiger partial charge in [0.1, 0.15) is 0 Å². The summed E-state index contributed by atoms with van der Waals surface area (Å²) < 4.78 is 1.86. The minimum absolute atomic E-state index is 0.0431. The lowest BCUT2D eigenvalue weighted by atomic mass is 10.3. The van der Waals surface area contributed by atoms with Crippen LogP contribution < -0.4 is 5.32 Å². The van der Waals surface area contributed by atoms with Gasteiger partial charge >= 0.3 is 0 Å². The Hall–Kier alpha value is -2.03. The summed E-state index contributed by atoms with van der Waals surface area (Å²) >= 11 is 6.08. The molecule has 2 aromatic rings. The molecule has 1 N–H and O–H groups in total. The zero-order valence-electron chi connectivity index (χ0n) is 14.9. The topological polar surface area (TPSA) is 79.2 Å². The number of nitrogens with zero attached hydrogens (tertiary/aromatic N) is 6. The van der Waals surface area contributed by atoms with E-state index in [1.807, 2.05) is 16.8 Å². The molecule has 0 saturated carbocycles. The second-order valence-corrected chi connectivity index (χ2v) is 6.81. The van der Waals surface area contributed by atoms with E-state index < -0.39 is 0 Å². The smallest absolute Gasteiger partial charge is 0.238 e. The molecule has 1 amide bonds. The van der Waals surface area contributed by atoms with Gasteiger partial charge in [0.2, 0.25) is 5.91 Å². The van der Waals surface area contributed by atoms with Gasteiger partial charge in [-0.2, -0.15) is 0 Å². The minimum atomic E-state index is -0.0431. The van der Waals surface area contributed by atoms with Crippen LogP contribution in [0.2, 0.25) is 5.02 Å². The van der Waals surface area contributed by atoms with Gasteiger partial charge in [0.25, 0.3) is 0 Å². The molecular formula is C17H24ClN7O. The minimum Gasteiger partial charge on any atom is -0.324 e. The normalized spacial score (nSPS) is 15.9. The zero-order valence-corrected chi connectivity index (χ0v) is 15.7. The van der Waals surface area contributed by atoms with Crippen molar-refractivity contribution in [3.05, 3.63) is 35.1 Å². The van der Waals surface area contributed by atoms with E-state index in [1.165, 1.54) is 0 Å². The van der Waals surface area contributed by atoms with E-state index >= 15 is 0 Å². The first-order chi connectivity index (χ1) is 12.7. The van der Waals surface area contributed by atoms with Crippen LogP contribution in [-0.2, 0) is 17.9 Å². The molecule has 26 heavy (non-hydrogen) atoms. The first-order valence-electron chi connectivity index (χ1n) is 8.90. The van der Waals surface area contributed by atoms with Crippen molar-refractivity contribution in [1.82, 2.24) is 30.0 Å². The Morgan fingerprint density at radius 2 is 1.92 bits per heavy atom. The highest BCUT2D eigenvalue weighted by atomic mass is 35.5. The molecule has 0 aliphatic carbocycles. The number of piperazine rings is 1. The molecule has 0 spiro atoms. The van der Waals surface area contributed by atoms with Gasteiger partial charge in [-0.1, -0.05) is 30.7 Å². The molecule has 0 unspecified atom stereocenters. The molecule has 3 rings (SSSR count). The average Bonchev–Trinajstić information content (AvgIpc) is 3.06. The van der Waals surface area contributed by atoms with Crippen molar-refractivity contribution in [2.24, 2.45) is 0 Å². The number of carbonyl (C=O) groups excluding carboxylic acids is 1. The van der Waals surface area contributed by atoms with E-state index in [1.54, 1.807) is 12.1 Å². The Morgan fingerprint density at radius 1 is 1.19 bits per heavy atom.